The van der Waals surface area contributed by atoms with Crippen molar-refractivity contribution in [3.63, 3.8) is 0 Å². The normalized spacial score (nSPS) is 19.2. The molecule has 0 aromatic carbocycles. The molecule has 0 atom stereocenters. The van der Waals surface area contributed by atoms with E-state index < -0.39 is 32.1 Å². The molecule has 5 N–H and O–H groups in total. The standard InChI is InChI=1S/C7H16O7P2.2Na.2H/c1-6(3-2-4-6)5-7(8,15(9,10)11)16(12,13)14;;;;/h8H,2-5H2,1H3,(H2,9,10,11)(H2,12,13,14);;;;. The topological polar surface area (TPSA) is 135 Å². The van der Waals surface area contributed by atoms with Gasteiger partial charge in [0.15, 0.2) is 0 Å². The molecular weight excluding hydrogens is 304 g/mol. The summed E-state index contributed by atoms with van der Waals surface area (Å²) in [5, 5.41) is 6.40. The van der Waals surface area contributed by atoms with Gasteiger partial charge in [-0.3, -0.25) is 9.13 Å². The van der Waals surface area contributed by atoms with Crippen molar-refractivity contribution in [2.75, 3.05) is 0 Å². The molecule has 0 radical (unpaired) electrons. The van der Waals surface area contributed by atoms with E-state index in [0.29, 0.717) is 12.8 Å². The second kappa shape index (κ2) is 7.01. The summed E-state index contributed by atoms with van der Waals surface area (Å²) >= 11 is 0. The van der Waals surface area contributed by atoms with Gasteiger partial charge in [0.1, 0.15) is 0 Å². The van der Waals surface area contributed by atoms with Gasteiger partial charge in [-0.25, -0.2) is 0 Å². The van der Waals surface area contributed by atoms with Gasteiger partial charge in [0.2, 0.25) is 0 Å². The maximum atomic E-state index is 11.1. The molecule has 1 aliphatic rings. The van der Waals surface area contributed by atoms with Crippen LogP contribution in [0.5, 0.6) is 0 Å². The van der Waals surface area contributed by atoms with Gasteiger partial charge < -0.3 is 24.7 Å². The van der Waals surface area contributed by atoms with Crippen molar-refractivity contribution in [1.82, 2.24) is 0 Å². The molecule has 1 rings (SSSR count). The van der Waals surface area contributed by atoms with E-state index in [1.165, 1.54) is 0 Å². The zero-order valence-electron chi connectivity index (χ0n) is 8.78. The molecule has 0 bridgehead atoms. The summed E-state index contributed by atoms with van der Waals surface area (Å²) in [6, 6.07) is 0. The molecule has 1 aliphatic carbocycles. The fourth-order valence-electron chi connectivity index (χ4n) is 1.91. The third kappa shape index (κ3) is 4.63. The minimum absolute atomic E-state index is 0. The van der Waals surface area contributed by atoms with Crippen LogP contribution in [-0.4, -0.2) is 88.9 Å². The molecule has 0 amide bonds. The van der Waals surface area contributed by atoms with E-state index >= 15 is 0 Å². The Labute approximate surface area is 150 Å². The van der Waals surface area contributed by atoms with Crippen LogP contribution in [0.1, 0.15) is 32.6 Å². The molecule has 11 heteroatoms. The molecule has 100 valence electrons. The molecule has 0 unspecified atom stereocenters. The van der Waals surface area contributed by atoms with Crippen molar-refractivity contribution in [1.29, 1.82) is 0 Å². The van der Waals surface area contributed by atoms with Crippen LogP contribution in [0, 0.1) is 5.41 Å². The van der Waals surface area contributed by atoms with Gasteiger partial charge in [-0.15, -0.1) is 0 Å². The van der Waals surface area contributed by atoms with Crippen molar-refractivity contribution in [2.24, 2.45) is 5.41 Å². The monoisotopic (exact) mass is 322 g/mol. The second-order valence-electron chi connectivity index (χ2n) is 4.70. The fraction of sp³-hybridized carbons (Fsp3) is 1.00. The zero-order chi connectivity index (χ0) is 12.8. The Morgan fingerprint density at radius 3 is 1.56 bits per heavy atom. The van der Waals surface area contributed by atoms with Crippen LogP contribution in [0.25, 0.3) is 0 Å². The van der Waals surface area contributed by atoms with Crippen molar-refractivity contribution in [2.45, 2.75) is 37.7 Å². The van der Waals surface area contributed by atoms with Gasteiger partial charge in [-0.2, -0.15) is 0 Å². The molecule has 1 saturated carbocycles. The number of rotatable bonds is 4. The predicted molar refractivity (Wildman–Crippen MR) is 69.9 cm³/mol. The molecule has 0 aromatic heterocycles. The molecular formula is C7H18Na2O7P2. The average molecular weight is 322 g/mol. The van der Waals surface area contributed by atoms with Crippen molar-refractivity contribution < 1.29 is 33.8 Å². The Morgan fingerprint density at radius 2 is 1.39 bits per heavy atom. The van der Waals surface area contributed by atoms with Crippen LogP contribution in [0.15, 0.2) is 0 Å². The van der Waals surface area contributed by atoms with Crippen LogP contribution in [0.3, 0.4) is 0 Å². The molecule has 7 nitrogen and oxygen atoms in total. The van der Waals surface area contributed by atoms with E-state index in [1.807, 2.05) is 0 Å². The molecule has 18 heavy (non-hydrogen) atoms. The van der Waals surface area contributed by atoms with E-state index in [-0.39, 0.29) is 59.1 Å². The summed E-state index contributed by atoms with van der Waals surface area (Å²) in [7, 11) is -10.6. The van der Waals surface area contributed by atoms with Gasteiger partial charge in [0.25, 0.3) is 5.08 Å². The van der Waals surface area contributed by atoms with Crippen molar-refractivity contribution in [3.05, 3.63) is 0 Å². The third-order valence-corrected chi connectivity index (χ3v) is 6.90. The van der Waals surface area contributed by atoms with Gasteiger partial charge in [-0.05, 0) is 18.3 Å². The first-order chi connectivity index (χ1) is 6.91. The maximum absolute atomic E-state index is 11.1. The Morgan fingerprint density at radius 1 is 1.06 bits per heavy atom. The Hall–Kier alpha value is 2.26. The van der Waals surface area contributed by atoms with Crippen LogP contribution >= 0.6 is 15.2 Å². The first kappa shape index (κ1) is 22.5. The minimum atomic E-state index is -5.29. The summed E-state index contributed by atoms with van der Waals surface area (Å²) in [4.78, 5) is 35.7. The average Bonchev–Trinajstić information content (AvgIpc) is 1.97. The summed E-state index contributed by atoms with van der Waals surface area (Å²) in [6.45, 7) is 1.65. The molecule has 0 aliphatic heterocycles. The first-order valence-electron chi connectivity index (χ1n) is 4.75. The van der Waals surface area contributed by atoms with Crippen LogP contribution in [0.4, 0.5) is 0 Å². The number of hydrogen-bond donors (Lipinski definition) is 5. The summed E-state index contributed by atoms with van der Waals surface area (Å²) in [5.41, 5.74) is -0.614. The van der Waals surface area contributed by atoms with E-state index in [1.54, 1.807) is 6.92 Å². The SMILES string of the molecule is CC1(CC(O)(P(=O)(O)O)P(=O)(O)O)CCC1.[NaH].[NaH]. The molecule has 1 fully saturated rings. The Balaban J connectivity index is 0. The summed E-state index contributed by atoms with van der Waals surface area (Å²) < 4.78 is 22.1. The van der Waals surface area contributed by atoms with Crippen molar-refractivity contribution in [3.8, 4) is 0 Å². The quantitative estimate of drug-likeness (QED) is 0.340. The Kier molecular flexibility index (Phi) is 8.78. The first-order valence-corrected chi connectivity index (χ1v) is 7.97. The number of hydrogen-bond acceptors (Lipinski definition) is 3. The number of aliphatic hydroxyl groups is 1. The van der Waals surface area contributed by atoms with Crippen molar-refractivity contribution >= 4 is 74.3 Å². The van der Waals surface area contributed by atoms with Crippen LogP contribution in [-0.2, 0) is 9.13 Å². The van der Waals surface area contributed by atoms with E-state index in [0.717, 1.165) is 6.42 Å². The second-order valence-corrected chi connectivity index (χ2v) is 8.71. The van der Waals surface area contributed by atoms with Crippen LogP contribution in [0.2, 0.25) is 0 Å². The molecule has 0 aromatic rings. The van der Waals surface area contributed by atoms with E-state index in [4.69, 9.17) is 19.6 Å². The predicted octanol–water partition coefficient (Wildman–Crippen LogP) is -0.729. The summed E-state index contributed by atoms with van der Waals surface area (Å²) in [5.74, 6) is 0. The fourth-order valence-corrected chi connectivity index (χ4v) is 4.44. The van der Waals surface area contributed by atoms with Gasteiger partial charge >= 0.3 is 74.3 Å². The van der Waals surface area contributed by atoms with Gasteiger partial charge in [0, 0.05) is 6.42 Å². The molecule has 0 spiro atoms. The van der Waals surface area contributed by atoms with E-state index in [9.17, 15) is 14.2 Å². The zero-order valence-corrected chi connectivity index (χ0v) is 10.6. The van der Waals surface area contributed by atoms with Gasteiger partial charge in [0.05, 0.1) is 0 Å². The summed E-state index contributed by atoms with van der Waals surface area (Å²) in [6.07, 6.45) is 1.42. The third-order valence-electron chi connectivity index (χ3n) is 3.16. The molecule has 0 heterocycles. The van der Waals surface area contributed by atoms with Gasteiger partial charge in [-0.1, -0.05) is 13.3 Å². The van der Waals surface area contributed by atoms with Crippen LogP contribution < -0.4 is 0 Å². The molecule has 0 saturated heterocycles. The Bertz CT molecular complexity index is 350. The van der Waals surface area contributed by atoms with E-state index in [2.05, 4.69) is 0 Å².